The molecule has 0 aliphatic heterocycles. The number of anilines is 1. The smallest absolute Gasteiger partial charge is 0.255 e. The molecule has 2 aliphatic carbocycles. The molecule has 2 atom stereocenters. The third kappa shape index (κ3) is 2.48. The minimum absolute atomic E-state index is 0.166. The van der Waals surface area contributed by atoms with Crippen molar-refractivity contribution in [1.82, 2.24) is 9.97 Å². The molecule has 1 heterocycles. The van der Waals surface area contributed by atoms with Crippen LogP contribution in [0, 0.1) is 6.92 Å². The Hall–Kier alpha value is -2.46. The van der Waals surface area contributed by atoms with Crippen molar-refractivity contribution >= 4 is 34.2 Å². The summed E-state index contributed by atoms with van der Waals surface area (Å²) in [7, 11) is 0. The highest BCUT2D eigenvalue weighted by atomic mass is 35.5. The quantitative estimate of drug-likeness (QED) is 0.680. The Kier molecular flexibility index (Phi) is 3.50. The molecule has 0 spiro atoms. The van der Waals surface area contributed by atoms with Crippen molar-refractivity contribution in [2.75, 3.05) is 5.32 Å². The predicted molar refractivity (Wildman–Crippen MR) is 103 cm³/mol. The van der Waals surface area contributed by atoms with Crippen LogP contribution in [-0.2, 0) is 0 Å². The van der Waals surface area contributed by atoms with Gasteiger partial charge in [-0.15, -0.1) is 0 Å². The molecule has 1 aromatic heterocycles. The molecule has 2 aliphatic rings. The first-order valence-corrected chi connectivity index (χ1v) is 9.35. The van der Waals surface area contributed by atoms with E-state index in [1.807, 2.05) is 37.3 Å². The van der Waals surface area contributed by atoms with Crippen molar-refractivity contribution in [2.45, 2.75) is 38.0 Å². The molecule has 2 bridgehead atoms. The number of halogens is 1. The second kappa shape index (κ2) is 5.78. The topological polar surface area (TPSA) is 54.9 Å². The molecular weight excluding hydrogens is 346 g/mol. The summed E-state index contributed by atoms with van der Waals surface area (Å²) in [5.74, 6) is 0.972. The van der Waals surface area contributed by atoms with E-state index >= 15 is 0 Å². The van der Waals surface area contributed by atoms with Crippen molar-refractivity contribution in [1.29, 1.82) is 0 Å². The highest BCUT2D eigenvalue weighted by molar-refractivity contribution is 6.31. The van der Waals surface area contributed by atoms with Crippen molar-refractivity contribution < 1.29 is 4.79 Å². The molecule has 1 saturated carbocycles. The molecule has 1 N–H and O–H groups in total. The number of hydrogen-bond acceptors (Lipinski definition) is 3. The van der Waals surface area contributed by atoms with Gasteiger partial charge >= 0.3 is 0 Å². The fourth-order valence-corrected chi connectivity index (χ4v) is 4.40. The average molecular weight is 364 g/mol. The molecule has 0 saturated heterocycles. The van der Waals surface area contributed by atoms with Crippen LogP contribution in [0.15, 0.2) is 36.4 Å². The number of benzene rings is 2. The van der Waals surface area contributed by atoms with Crippen LogP contribution in [0.1, 0.15) is 58.4 Å². The van der Waals surface area contributed by atoms with Gasteiger partial charge in [-0.25, -0.2) is 9.97 Å². The van der Waals surface area contributed by atoms with Crippen molar-refractivity contribution in [3.05, 3.63) is 63.9 Å². The molecule has 2 aromatic carbocycles. The van der Waals surface area contributed by atoms with Gasteiger partial charge in [0, 0.05) is 28.1 Å². The SMILES string of the molecule is Cc1ccc(Cl)cc1NC(=O)c1ccc2nc3c(nc2c1)C1CCC3C1. The Morgan fingerprint density at radius 1 is 1.04 bits per heavy atom. The van der Waals surface area contributed by atoms with Gasteiger partial charge in [0.1, 0.15) is 0 Å². The Bertz CT molecular complexity index is 1060. The molecule has 3 aromatic rings. The minimum Gasteiger partial charge on any atom is -0.322 e. The fourth-order valence-electron chi connectivity index (χ4n) is 4.23. The lowest BCUT2D eigenvalue weighted by Gasteiger charge is -2.14. The minimum atomic E-state index is -0.166. The largest absolute Gasteiger partial charge is 0.322 e. The zero-order valence-corrected chi connectivity index (χ0v) is 15.2. The zero-order valence-electron chi connectivity index (χ0n) is 14.4. The Morgan fingerprint density at radius 2 is 1.77 bits per heavy atom. The zero-order chi connectivity index (χ0) is 17.8. The Morgan fingerprint density at radius 3 is 2.54 bits per heavy atom. The van der Waals surface area contributed by atoms with Gasteiger partial charge in [0.25, 0.3) is 5.91 Å². The normalized spacial score (nSPS) is 20.4. The first-order chi connectivity index (χ1) is 12.6. The molecule has 26 heavy (non-hydrogen) atoms. The first-order valence-electron chi connectivity index (χ1n) is 8.97. The number of carbonyl (C=O) groups excluding carboxylic acids is 1. The van der Waals surface area contributed by atoms with Crippen molar-refractivity contribution in [2.24, 2.45) is 0 Å². The van der Waals surface area contributed by atoms with E-state index in [9.17, 15) is 4.79 Å². The standard InChI is InChI=1S/C21H18ClN3O/c1-11-2-6-15(22)10-17(11)25-21(26)14-5-7-16-18(9-14)24-20-13-4-3-12(8-13)19(20)23-16/h2,5-7,9-10,12-13H,3-4,8H2,1H3,(H,25,26). The van der Waals surface area contributed by atoms with E-state index in [1.165, 1.54) is 25.0 Å². The molecule has 1 amide bonds. The van der Waals surface area contributed by atoms with Crippen LogP contribution >= 0.6 is 11.6 Å². The van der Waals surface area contributed by atoms with E-state index in [0.717, 1.165) is 28.0 Å². The van der Waals surface area contributed by atoms with Crippen LogP contribution in [-0.4, -0.2) is 15.9 Å². The third-order valence-corrected chi connectivity index (χ3v) is 5.87. The van der Waals surface area contributed by atoms with E-state index < -0.39 is 0 Å². The van der Waals surface area contributed by atoms with Gasteiger partial charge in [-0.2, -0.15) is 0 Å². The highest BCUT2D eigenvalue weighted by Gasteiger charge is 2.39. The number of rotatable bonds is 2. The summed E-state index contributed by atoms with van der Waals surface area (Å²) in [5, 5.41) is 3.54. The maximum atomic E-state index is 12.7. The van der Waals surface area contributed by atoms with Crippen LogP contribution in [0.5, 0.6) is 0 Å². The Labute approximate surface area is 156 Å². The third-order valence-electron chi connectivity index (χ3n) is 5.64. The van der Waals surface area contributed by atoms with Gasteiger partial charge in [0.05, 0.1) is 22.4 Å². The lowest BCUT2D eigenvalue weighted by molar-refractivity contribution is 0.102. The van der Waals surface area contributed by atoms with Gasteiger partial charge < -0.3 is 5.32 Å². The number of aromatic nitrogens is 2. The van der Waals surface area contributed by atoms with Crippen molar-refractivity contribution in [3.8, 4) is 0 Å². The van der Waals surface area contributed by atoms with Crippen LogP contribution < -0.4 is 5.32 Å². The van der Waals surface area contributed by atoms with Crippen LogP contribution in [0.25, 0.3) is 11.0 Å². The summed E-state index contributed by atoms with van der Waals surface area (Å²) in [6.45, 7) is 1.94. The van der Waals surface area contributed by atoms with Gasteiger partial charge in [-0.05, 0) is 62.1 Å². The van der Waals surface area contributed by atoms with Crippen LogP contribution in [0.3, 0.4) is 0 Å². The Balaban J connectivity index is 1.49. The predicted octanol–water partition coefficient (Wildman–Crippen LogP) is 5.21. The number of aryl methyl sites for hydroxylation is 1. The average Bonchev–Trinajstić information content (AvgIpc) is 3.25. The van der Waals surface area contributed by atoms with E-state index in [2.05, 4.69) is 5.32 Å². The maximum absolute atomic E-state index is 12.7. The van der Waals surface area contributed by atoms with E-state index in [-0.39, 0.29) is 5.91 Å². The van der Waals surface area contributed by atoms with Gasteiger partial charge in [0.2, 0.25) is 0 Å². The number of nitrogens with zero attached hydrogens (tertiary/aromatic N) is 2. The highest BCUT2D eigenvalue weighted by Crippen LogP contribution is 2.51. The van der Waals surface area contributed by atoms with Gasteiger partial charge in [0.15, 0.2) is 0 Å². The summed E-state index contributed by atoms with van der Waals surface area (Å²) >= 11 is 6.04. The van der Waals surface area contributed by atoms with E-state index in [1.54, 1.807) is 6.07 Å². The number of amides is 1. The summed E-state index contributed by atoms with van der Waals surface area (Å²) in [4.78, 5) is 22.4. The van der Waals surface area contributed by atoms with Crippen LogP contribution in [0.4, 0.5) is 5.69 Å². The summed E-state index contributed by atoms with van der Waals surface area (Å²) in [6, 6.07) is 11.0. The second-order valence-corrected chi connectivity index (χ2v) is 7.75. The summed E-state index contributed by atoms with van der Waals surface area (Å²) < 4.78 is 0. The first kappa shape index (κ1) is 15.8. The molecule has 2 unspecified atom stereocenters. The number of fused-ring (bicyclic) bond motifs is 6. The number of carbonyl (C=O) groups is 1. The molecule has 5 rings (SSSR count). The van der Waals surface area contributed by atoms with E-state index in [0.29, 0.717) is 22.4 Å². The molecule has 0 radical (unpaired) electrons. The molecule has 130 valence electrons. The second-order valence-electron chi connectivity index (χ2n) is 7.32. The van der Waals surface area contributed by atoms with Crippen molar-refractivity contribution in [3.63, 3.8) is 0 Å². The molecule has 4 nitrogen and oxygen atoms in total. The fraction of sp³-hybridized carbons (Fsp3) is 0.286. The summed E-state index contributed by atoms with van der Waals surface area (Å²) in [5.41, 5.74) is 6.27. The van der Waals surface area contributed by atoms with Gasteiger partial charge in [-0.1, -0.05) is 17.7 Å². The maximum Gasteiger partial charge on any atom is 0.255 e. The lowest BCUT2D eigenvalue weighted by Crippen LogP contribution is -2.13. The van der Waals surface area contributed by atoms with E-state index in [4.69, 9.17) is 21.6 Å². The molecule has 1 fully saturated rings. The molecular formula is C21H18ClN3O. The number of nitrogens with one attached hydrogen (secondary N) is 1. The molecule has 5 heteroatoms. The lowest BCUT2D eigenvalue weighted by atomic mass is 10.00. The monoisotopic (exact) mass is 363 g/mol. The van der Waals surface area contributed by atoms with Crippen LogP contribution in [0.2, 0.25) is 5.02 Å². The summed E-state index contributed by atoms with van der Waals surface area (Å²) in [6.07, 6.45) is 3.64. The van der Waals surface area contributed by atoms with Gasteiger partial charge in [-0.3, -0.25) is 4.79 Å². The number of hydrogen-bond donors (Lipinski definition) is 1.